The summed E-state index contributed by atoms with van der Waals surface area (Å²) in [7, 11) is 0. The summed E-state index contributed by atoms with van der Waals surface area (Å²) in [5.74, 6) is -8.80. The van der Waals surface area contributed by atoms with Crippen LogP contribution in [-0.2, 0) is 20.5 Å². The second-order valence-electron chi connectivity index (χ2n) is 10.3. The van der Waals surface area contributed by atoms with Crippen molar-refractivity contribution in [2.75, 3.05) is 22.6 Å². The number of alkyl halides is 5. The second-order valence-corrected chi connectivity index (χ2v) is 12.1. The molecule has 0 bridgehead atoms. The number of rotatable bonds is 7. The first-order valence-corrected chi connectivity index (χ1v) is 14.3. The molecule has 0 aromatic heterocycles. The smallest absolute Gasteiger partial charge is 0.368 e. The van der Waals surface area contributed by atoms with Crippen LogP contribution in [0.5, 0.6) is 0 Å². The highest BCUT2D eigenvalue weighted by Crippen LogP contribution is 2.65. The normalized spacial score (nSPS) is 20.4. The zero-order valence-electron chi connectivity index (χ0n) is 22.5. The highest BCUT2D eigenvalue weighted by atomic mass is 35.5. The van der Waals surface area contributed by atoms with E-state index in [1.54, 1.807) is 0 Å². The second kappa shape index (κ2) is 12.3. The average molecular weight is 695 g/mol. The first-order chi connectivity index (χ1) is 21.1. The van der Waals surface area contributed by atoms with Crippen molar-refractivity contribution in [3.63, 3.8) is 0 Å². The van der Waals surface area contributed by atoms with Crippen molar-refractivity contribution in [1.82, 2.24) is 0 Å². The summed E-state index contributed by atoms with van der Waals surface area (Å²) >= 11 is 18.6. The van der Waals surface area contributed by atoms with Gasteiger partial charge in [0.25, 0.3) is 11.8 Å². The van der Waals surface area contributed by atoms with Gasteiger partial charge in [-0.15, -0.1) is 23.2 Å². The number of hydrogen-bond acceptors (Lipinski definition) is 4. The molecule has 238 valence electrons. The molecule has 1 unspecified atom stereocenters. The number of benzene rings is 3. The maximum atomic E-state index is 15.2. The third-order valence-corrected chi connectivity index (χ3v) is 8.55. The van der Waals surface area contributed by atoms with E-state index in [0.29, 0.717) is 31.6 Å². The summed E-state index contributed by atoms with van der Waals surface area (Å²) in [6.07, 6.45) is -4.89. The number of anilines is 3. The number of amides is 3. The van der Waals surface area contributed by atoms with E-state index in [2.05, 4.69) is 16.0 Å². The maximum absolute atomic E-state index is 15.2. The van der Waals surface area contributed by atoms with Crippen LogP contribution in [0.4, 0.5) is 43.4 Å². The molecule has 2 fully saturated rings. The lowest BCUT2D eigenvalue weighted by Gasteiger charge is -2.15. The molecule has 2 aliphatic rings. The van der Waals surface area contributed by atoms with E-state index in [9.17, 15) is 36.3 Å². The molecule has 1 saturated heterocycles. The molecule has 0 radical (unpaired) electrons. The monoisotopic (exact) mass is 693 g/mol. The molecule has 0 spiro atoms. The van der Waals surface area contributed by atoms with Crippen molar-refractivity contribution in [2.24, 2.45) is 5.92 Å². The SMILES string of the molecule is O=C(Nc1ccc(F)c(NC(=O)C2CCCO2)c1F)c1cc(NC(=O)[C@H]2[C@H](c3ccc(F)c(C(F)(F)F)c3)C2(Cl)Cl)ccc1Cl. The fraction of sp³-hybridized carbons (Fsp3) is 0.276. The number of nitrogens with one attached hydrogen (secondary N) is 3. The average Bonchev–Trinajstić information content (AvgIpc) is 3.27. The van der Waals surface area contributed by atoms with Gasteiger partial charge in [0.1, 0.15) is 27.8 Å². The first-order valence-electron chi connectivity index (χ1n) is 13.2. The molecule has 3 aromatic rings. The Morgan fingerprint density at radius 2 is 1.60 bits per heavy atom. The van der Waals surface area contributed by atoms with Crippen molar-refractivity contribution in [3.8, 4) is 0 Å². The maximum Gasteiger partial charge on any atom is 0.419 e. The van der Waals surface area contributed by atoms with Gasteiger partial charge in [-0.25, -0.2) is 13.2 Å². The standard InChI is InChI=1S/C29H20Cl3F6N3O4/c30-16-5-4-13(39-27(44)22-21(28(22,31)32)12-3-6-17(33)15(10-12)29(36,37)38)11-14(16)25(42)40-19-8-7-18(34)24(23(19)35)41-26(43)20-2-1-9-45-20/h3-8,10-11,20-22H,1-2,9H2,(H,39,44)(H,40,42)(H,41,43)/t20?,21-,22+/m0/s1. The van der Waals surface area contributed by atoms with Crippen LogP contribution in [0.15, 0.2) is 48.5 Å². The van der Waals surface area contributed by atoms with E-state index in [4.69, 9.17) is 39.5 Å². The van der Waals surface area contributed by atoms with Crippen LogP contribution in [0, 0.1) is 23.4 Å². The molecule has 7 nitrogen and oxygen atoms in total. The molecule has 1 aliphatic heterocycles. The first kappa shape index (κ1) is 32.9. The number of hydrogen-bond donors (Lipinski definition) is 3. The van der Waals surface area contributed by atoms with Gasteiger partial charge in [0.05, 0.1) is 27.8 Å². The fourth-order valence-corrected chi connectivity index (χ4v) is 5.99. The van der Waals surface area contributed by atoms with Gasteiger partial charge < -0.3 is 20.7 Å². The zero-order valence-corrected chi connectivity index (χ0v) is 24.8. The van der Waals surface area contributed by atoms with E-state index in [1.807, 2.05) is 0 Å². The third kappa shape index (κ3) is 6.71. The largest absolute Gasteiger partial charge is 0.419 e. The van der Waals surface area contributed by atoms with Gasteiger partial charge in [0.2, 0.25) is 5.91 Å². The van der Waals surface area contributed by atoms with Crippen LogP contribution in [0.2, 0.25) is 5.02 Å². The van der Waals surface area contributed by atoms with Gasteiger partial charge in [-0.05, 0) is 60.9 Å². The summed E-state index contributed by atoms with van der Waals surface area (Å²) in [4.78, 5) is 38.4. The quantitative estimate of drug-likeness (QED) is 0.175. The van der Waals surface area contributed by atoms with Crippen LogP contribution < -0.4 is 16.0 Å². The number of ether oxygens (including phenoxy) is 1. The molecule has 5 rings (SSSR count). The summed E-state index contributed by atoms with van der Waals surface area (Å²) in [6.45, 7) is 0.330. The Hall–Kier alpha value is -3.52. The van der Waals surface area contributed by atoms with Crippen LogP contribution in [0.3, 0.4) is 0 Å². The molecule has 3 N–H and O–H groups in total. The summed E-state index contributed by atoms with van der Waals surface area (Å²) < 4.78 is 86.3. The van der Waals surface area contributed by atoms with Gasteiger partial charge in [0, 0.05) is 18.2 Å². The molecular weight excluding hydrogens is 675 g/mol. The highest BCUT2D eigenvalue weighted by Gasteiger charge is 2.67. The van der Waals surface area contributed by atoms with Crippen molar-refractivity contribution in [1.29, 1.82) is 0 Å². The summed E-state index contributed by atoms with van der Waals surface area (Å²) in [5.41, 5.74) is -3.22. The number of halogens is 9. The van der Waals surface area contributed by atoms with Crippen molar-refractivity contribution < 1.29 is 45.5 Å². The van der Waals surface area contributed by atoms with Gasteiger partial charge in [-0.1, -0.05) is 17.7 Å². The van der Waals surface area contributed by atoms with Crippen LogP contribution in [0.1, 0.15) is 40.2 Å². The van der Waals surface area contributed by atoms with Crippen molar-refractivity contribution >= 4 is 69.6 Å². The minimum Gasteiger partial charge on any atom is -0.368 e. The Labute approximate surface area is 266 Å². The van der Waals surface area contributed by atoms with E-state index in [1.165, 1.54) is 12.1 Å². The Bertz CT molecular complexity index is 1700. The predicted molar refractivity (Wildman–Crippen MR) is 154 cm³/mol. The van der Waals surface area contributed by atoms with Gasteiger partial charge in [0.15, 0.2) is 5.82 Å². The Kier molecular flexibility index (Phi) is 9.02. The Balaban J connectivity index is 1.31. The van der Waals surface area contributed by atoms with Crippen LogP contribution in [-0.4, -0.2) is 34.8 Å². The Morgan fingerprint density at radius 1 is 0.889 bits per heavy atom. The summed E-state index contributed by atoms with van der Waals surface area (Å²) in [5, 5.41) is 6.69. The van der Waals surface area contributed by atoms with E-state index >= 15 is 4.39 Å². The lowest BCUT2D eigenvalue weighted by atomic mass is 10.0. The van der Waals surface area contributed by atoms with Gasteiger partial charge in [-0.2, -0.15) is 13.2 Å². The van der Waals surface area contributed by atoms with E-state index < -0.39 is 80.6 Å². The number of carbonyl (C=O) groups is 3. The molecule has 1 heterocycles. The molecular formula is C29H20Cl3F6N3O4. The minimum atomic E-state index is -4.99. The molecule has 1 aliphatic carbocycles. The van der Waals surface area contributed by atoms with Crippen LogP contribution in [0.25, 0.3) is 0 Å². The van der Waals surface area contributed by atoms with E-state index in [0.717, 1.165) is 24.3 Å². The molecule has 3 atom stereocenters. The van der Waals surface area contributed by atoms with Gasteiger partial charge in [-0.3, -0.25) is 14.4 Å². The van der Waals surface area contributed by atoms with E-state index in [-0.39, 0.29) is 21.8 Å². The lowest BCUT2D eigenvalue weighted by molar-refractivity contribution is -0.140. The van der Waals surface area contributed by atoms with Crippen molar-refractivity contribution in [2.45, 2.75) is 35.4 Å². The summed E-state index contributed by atoms with van der Waals surface area (Å²) in [6, 6.07) is 7.59. The third-order valence-electron chi connectivity index (χ3n) is 7.28. The van der Waals surface area contributed by atoms with Gasteiger partial charge >= 0.3 is 6.18 Å². The molecule has 16 heteroatoms. The molecule has 3 aromatic carbocycles. The number of carbonyl (C=O) groups excluding carboxylic acids is 3. The molecule has 1 saturated carbocycles. The minimum absolute atomic E-state index is 0.0106. The van der Waals surface area contributed by atoms with Crippen LogP contribution >= 0.6 is 34.8 Å². The topological polar surface area (TPSA) is 96.5 Å². The van der Waals surface area contributed by atoms with Crippen molar-refractivity contribution in [3.05, 3.63) is 87.7 Å². The Morgan fingerprint density at radius 3 is 2.27 bits per heavy atom. The molecule has 45 heavy (non-hydrogen) atoms. The molecule has 3 amide bonds. The fourth-order valence-electron chi connectivity index (χ4n) is 4.96. The highest BCUT2D eigenvalue weighted by molar-refractivity contribution is 6.53. The lowest BCUT2D eigenvalue weighted by Crippen LogP contribution is -2.28. The predicted octanol–water partition coefficient (Wildman–Crippen LogP) is 7.67. The zero-order chi connectivity index (χ0) is 32.8.